The summed E-state index contributed by atoms with van der Waals surface area (Å²) in [5, 5.41) is 4.52. The summed E-state index contributed by atoms with van der Waals surface area (Å²) >= 11 is 12.3. The van der Waals surface area contributed by atoms with Crippen LogP contribution in [-0.2, 0) is 20.7 Å². The van der Waals surface area contributed by atoms with Crippen LogP contribution in [0.1, 0.15) is 39.7 Å². The van der Waals surface area contributed by atoms with E-state index in [1.165, 1.54) is 12.1 Å². The molecular formula is C20H24Cl2F3N3O4. The zero-order valence-electron chi connectivity index (χ0n) is 17.9. The molecular weight excluding hydrogens is 474 g/mol. The third-order valence-corrected chi connectivity index (χ3v) is 5.38. The Labute approximate surface area is 193 Å². The van der Waals surface area contributed by atoms with Crippen LogP contribution in [0.5, 0.6) is 0 Å². The number of nitrogens with one attached hydrogen (secondary N) is 2. The average Bonchev–Trinajstić information content (AvgIpc) is 3.05. The van der Waals surface area contributed by atoms with Crippen molar-refractivity contribution in [2.45, 2.75) is 64.4 Å². The summed E-state index contributed by atoms with van der Waals surface area (Å²) in [6, 6.07) is 0.480. The maximum atomic E-state index is 13.3. The van der Waals surface area contributed by atoms with Crippen LogP contribution in [0.25, 0.3) is 0 Å². The van der Waals surface area contributed by atoms with Crippen LogP contribution >= 0.6 is 23.2 Å². The largest absolute Gasteiger partial charge is 0.444 e. The number of carbonyl (C=O) groups excluding carboxylic acids is 3. The molecule has 1 aliphatic heterocycles. The first-order valence-electron chi connectivity index (χ1n) is 9.78. The number of benzene rings is 1. The predicted octanol–water partition coefficient (Wildman–Crippen LogP) is 4.23. The van der Waals surface area contributed by atoms with Crippen molar-refractivity contribution >= 4 is 46.8 Å². The van der Waals surface area contributed by atoms with Gasteiger partial charge in [-0.25, -0.2) is 4.79 Å². The molecule has 0 aromatic heterocycles. The fraction of sp³-hybridized carbons (Fsp3) is 0.550. The number of halogens is 5. The monoisotopic (exact) mass is 497 g/mol. The molecule has 178 valence electrons. The van der Waals surface area contributed by atoms with E-state index in [1.54, 1.807) is 33.0 Å². The van der Waals surface area contributed by atoms with E-state index in [0.717, 1.165) is 4.90 Å². The van der Waals surface area contributed by atoms with Gasteiger partial charge >= 0.3 is 12.3 Å². The summed E-state index contributed by atoms with van der Waals surface area (Å²) in [6.07, 6.45) is -5.46. The lowest BCUT2D eigenvalue weighted by Crippen LogP contribution is -2.55. The highest BCUT2D eigenvalue weighted by Gasteiger charge is 2.43. The number of hydrogen-bond acceptors (Lipinski definition) is 4. The quantitative estimate of drug-likeness (QED) is 0.636. The number of alkyl carbamates (subject to hydrolysis) is 1. The second-order valence-electron chi connectivity index (χ2n) is 8.23. The molecule has 1 aromatic carbocycles. The number of fused-ring (bicyclic) bond motifs is 1. The summed E-state index contributed by atoms with van der Waals surface area (Å²) in [5.74, 6) is -1.70. The van der Waals surface area contributed by atoms with Crippen LogP contribution in [0.2, 0.25) is 10.0 Å². The lowest BCUT2D eigenvalue weighted by molar-refractivity contribution is -0.139. The van der Waals surface area contributed by atoms with Gasteiger partial charge in [0.25, 0.3) is 0 Å². The average molecular weight is 498 g/mol. The van der Waals surface area contributed by atoms with Crippen molar-refractivity contribution in [3.8, 4) is 0 Å². The molecule has 2 rings (SSSR count). The first kappa shape index (κ1) is 26.1. The number of anilines is 1. The molecule has 32 heavy (non-hydrogen) atoms. The van der Waals surface area contributed by atoms with Gasteiger partial charge in [0.05, 0.1) is 10.0 Å². The maximum Gasteiger partial charge on any atom is 0.408 e. The zero-order chi connectivity index (χ0) is 24.4. The number of amides is 3. The van der Waals surface area contributed by atoms with Gasteiger partial charge in [-0.1, -0.05) is 30.1 Å². The van der Waals surface area contributed by atoms with Gasteiger partial charge in [-0.05, 0) is 44.9 Å². The normalized spacial score (nSPS) is 16.9. The standard InChI is InChI=1S/C20H24Cl2F3N3O4/c1-5-12(27-18(31)32-19(2,3)4)17(30)28-13-7-6-11(21)15(22)10(13)8-14(28)16(29)26-9-20(23,24)25/h6-7,12,14H,5,8-9H2,1-4H3,(H,26,29)(H,27,31)/t12-,14?/m0/s1. The van der Waals surface area contributed by atoms with Gasteiger partial charge in [-0.3, -0.25) is 14.5 Å². The van der Waals surface area contributed by atoms with Crippen LogP contribution in [-0.4, -0.2) is 48.3 Å². The van der Waals surface area contributed by atoms with Gasteiger partial charge in [0.15, 0.2) is 0 Å². The van der Waals surface area contributed by atoms with E-state index in [0.29, 0.717) is 5.56 Å². The lowest BCUT2D eigenvalue weighted by Gasteiger charge is -2.29. The Morgan fingerprint density at radius 3 is 2.38 bits per heavy atom. The first-order valence-corrected chi connectivity index (χ1v) is 10.5. The molecule has 0 radical (unpaired) electrons. The summed E-state index contributed by atoms with van der Waals surface area (Å²) < 4.78 is 43.0. The Kier molecular flexibility index (Phi) is 7.93. The van der Waals surface area contributed by atoms with E-state index in [-0.39, 0.29) is 28.6 Å². The molecule has 0 spiro atoms. The fourth-order valence-electron chi connectivity index (χ4n) is 3.20. The first-order chi connectivity index (χ1) is 14.6. The molecule has 1 unspecified atom stereocenters. The smallest absolute Gasteiger partial charge is 0.408 e. The molecule has 7 nitrogen and oxygen atoms in total. The summed E-state index contributed by atoms with van der Waals surface area (Å²) in [4.78, 5) is 39.2. The van der Waals surface area contributed by atoms with E-state index < -0.39 is 48.3 Å². The predicted molar refractivity (Wildman–Crippen MR) is 114 cm³/mol. The number of alkyl halides is 3. The van der Waals surface area contributed by atoms with E-state index in [4.69, 9.17) is 27.9 Å². The minimum Gasteiger partial charge on any atom is -0.444 e. The minimum absolute atomic E-state index is 0.0984. The molecule has 1 heterocycles. The molecule has 0 saturated heterocycles. The molecule has 0 bridgehead atoms. The molecule has 1 aromatic rings. The van der Waals surface area contributed by atoms with Crippen molar-refractivity contribution in [2.24, 2.45) is 0 Å². The van der Waals surface area contributed by atoms with Gasteiger partial charge in [0.2, 0.25) is 11.8 Å². The van der Waals surface area contributed by atoms with E-state index >= 15 is 0 Å². The van der Waals surface area contributed by atoms with Crippen LogP contribution < -0.4 is 15.5 Å². The molecule has 0 saturated carbocycles. The number of carbonyl (C=O) groups is 3. The molecule has 2 atom stereocenters. The van der Waals surface area contributed by atoms with Gasteiger partial charge in [0, 0.05) is 12.1 Å². The Morgan fingerprint density at radius 2 is 1.84 bits per heavy atom. The molecule has 1 aliphatic rings. The Balaban J connectivity index is 2.36. The van der Waals surface area contributed by atoms with Crippen LogP contribution in [0.4, 0.5) is 23.7 Å². The second kappa shape index (κ2) is 9.74. The number of ether oxygens (including phenoxy) is 1. The SMILES string of the molecule is CC[C@H](NC(=O)OC(C)(C)C)C(=O)N1c2ccc(Cl)c(Cl)c2CC1C(=O)NCC(F)(F)F. The zero-order valence-corrected chi connectivity index (χ0v) is 19.4. The summed E-state index contributed by atoms with van der Waals surface area (Å²) in [5.41, 5.74) is -0.219. The third-order valence-electron chi connectivity index (χ3n) is 4.54. The minimum atomic E-state index is -4.62. The summed E-state index contributed by atoms with van der Waals surface area (Å²) in [6.45, 7) is 5.03. The number of hydrogen-bond donors (Lipinski definition) is 2. The highest BCUT2D eigenvalue weighted by Crippen LogP contribution is 2.41. The van der Waals surface area contributed by atoms with E-state index in [9.17, 15) is 27.6 Å². The van der Waals surface area contributed by atoms with Gasteiger partial charge in [0.1, 0.15) is 24.2 Å². The van der Waals surface area contributed by atoms with E-state index in [2.05, 4.69) is 5.32 Å². The van der Waals surface area contributed by atoms with E-state index in [1.807, 2.05) is 0 Å². The molecule has 12 heteroatoms. The van der Waals surface area contributed by atoms with Crippen LogP contribution in [0, 0.1) is 0 Å². The van der Waals surface area contributed by atoms with Gasteiger partial charge in [-0.15, -0.1) is 0 Å². The second-order valence-corrected chi connectivity index (χ2v) is 9.01. The topological polar surface area (TPSA) is 87.7 Å². The van der Waals surface area contributed by atoms with Crippen molar-refractivity contribution in [1.82, 2.24) is 10.6 Å². The van der Waals surface area contributed by atoms with Crippen molar-refractivity contribution in [2.75, 3.05) is 11.4 Å². The third kappa shape index (κ3) is 6.41. The number of rotatable bonds is 5. The highest BCUT2D eigenvalue weighted by atomic mass is 35.5. The highest BCUT2D eigenvalue weighted by molar-refractivity contribution is 6.43. The Bertz CT molecular complexity index is 903. The van der Waals surface area contributed by atoms with Crippen molar-refractivity contribution < 1.29 is 32.3 Å². The van der Waals surface area contributed by atoms with Gasteiger partial charge < -0.3 is 15.4 Å². The lowest BCUT2D eigenvalue weighted by atomic mass is 10.1. The number of nitrogens with zero attached hydrogens (tertiary/aromatic N) is 1. The molecule has 0 aliphatic carbocycles. The van der Waals surface area contributed by atoms with Crippen LogP contribution in [0.3, 0.4) is 0 Å². The molecule has 2 N–H and O–H groups in total. The molecule has 0 fully saturated rings. The Morgan fingerprint density at radius 1 is 1.22 bits per heavy atom. The Hall–Kier alpha value is -2.20. The maximum absolute atomic E-state index is 13.3. The summed E-state index contributed by atoms with van der Waals surface area (Å²) in [7, 11) is 0. The van der Waals surface area contributed by atoms with Crippen molar-refractivity contribution in [3.63, 3.8) is 0 Å². The van der Waals surface area contributed by atoms with Gasteiger partial charge in [-0.2, -0.15) is 13.2 Å². The van der Waals surface area contributed by atoms with Crippen molar-refractivity contribution in [3.05, 3.63) is 27.7 Å². The molecule has 3 amide bonds. The van der Waals surface area contributed by atoms with Crippen LogP contribution in [0.15, 0.2) is 12.1 Å². The fourth-order valence-corrected chi connectivity index (χ4v) is 3.61. The van der Waals surface area contributed by atoms with Crippen molar-refractivity contribution in [1.29, 1.82) is 0 Å².